The number of aromatic carboxylic acids is 1. The fraction of sp³-hybridized carbons (Fsp3) is 0.0833. The molecule has 0 aliphatic carbocycles. The molecule has 2 aromatic rings. The van der Waals surface area contributed by atoms with Crippen molar-refractivity contribution in [3.05, 3.63) is 62.5 Å². The standard InChI is InChI=1S/C12H9BrN2O3/c13-9-3-1-2-8(6-9)7-15-11(16)5-4-10(14-15)12(17)18/h1-6H,7H2,(H,17,18). The van der Waals surface area contributed by atoms with E-state index in [9.17, 15) is 9.59 Å². The maximum atomic E-state index is 11.6. The van der Waals surface area contributed by atoms with Crippen molar-refractivity contribution in [2.75, 3.05) is 0 Å². The molecule has 1 aromatic heterocycles. The second-order valence-corrected chi connectivity index (χ2v) is 4.57. The highest BCUT2D eigenvalue weighted by Gasteiger charge is 2.07. The van der Waals surface area contributed by atoms with Crippen molar-refractivity contribution < 1.29 is 9.90 Å². The number of carbonyl (C=O) groups is 1. The van der Waals surface area contributed by atoms with E-state index in [-0.39, 0.29) is 17.8 Å². The van der Waals surface area contributed by atoms with Gasteiger partial charge in [-0.3, -0.25) is 4.79 Å². The zero-order valence-electron chi connectivity index (χ0n) is 9.21. The van der Waals surface area contributed by atoms with Gasteiger partial charge in [0.15, 0.2) is 5.69 Å². The van der Waals surface area contributed by atoms with E-state index < -0.39 is 5.97 Å². The highest BCUT2D eigenvalue weighted by molar-refractivity contribution is 9.10. The van der Waals surface area contributed by atoms with E-state index in [1.54, 1.807) is 0 Å². The highest BCUT2D eigenvalue weighted by Crippen LogP contribution is 2.11. The van der Waals surface area contributed by atoms with Crippen molar-refractivity contribution in [2.24, 2.45) is 0 Å². The Balaban J connectivity index is 2.37. The summed E-state index contributed by atoms with van der Waals surface area (Å²) in [5, 5.41) is 12.6. The molecule has 0 saturated heterocycles. The Labute approximate surface area is 111 Å². The van der Waals surface area contributed by atoms with Crippen LogP contribution in [0.5, 0.6) is 0 Å². The third-order valence-corrected chi connectivity index (χ3v) is 2.80. The summed E-state index contributed by atoms with van der Waals surface area (Å²) in [6, 6.07) is 9.79. The summed E-state index contributed by atoms with van der Waals surface area (Å²) in [4.78, 5) is 22.4. The van der Waals surface area contributed by atoms with Gasteiger partial charge < -0.3 is 5.11 Å². The van der Waals surface area contributed by atoms with Gasteiger partial charge >= 0.3 is 5.97 Å². The van der Waals surface area contributed by atoms with Gasteiger partial charge in [-0.05, 0) is 23.8 Å². The molecule has 1 aromatic carbocycles. The fourth-order valence-corrected chi connectivity index (χ4v) is 1.93. The van der Waals surface area contributed by atoms with Crippen LogP contribution in [0.2, 0.25) is 0 Å². The molecule has 0 unspecified atom stereocenters. The van der Waals surface area contributed by atoms with E-state index in [2.05, 4.69) is 21.0 Å². The van der Waals surface area contributed by atoms with Crippen molar-refractivity contribution in [3.63, 3.8) is 0 Å². The SMILES string of the molecule is O=C(O)c1ccc(=O)n(Cc2cccc(Br)c2)n1. The van der Waals surface area contributed by atoms with E-state index in [1.807, 2.05) is 24.3 Å². The first-order valence-electron chi connectivity index (χ1n) is 5.12. The number of aromatic nitrogens is 2. The molecular formula is C12H9BrN2O3. The smallest absolute Gasteiger partial charge is 0.356 e. The molecule has 0 fully saturated rings. The first kappa shape index (κ1) is 12.5. The third-order valence-electron chi connectivity index (χ3n) is 2.31. The highest BCUT2D eigenvalue weighted by atomic mass is 79.9. The quantitative estimate of drug-likeness (QED) is 0.937. The van der Waals surface area contributed by atoms with Gasteiger partial charge in [-0.15, -0.1) is 0 Å². The van der Waals surface area contributed by atoms with E-state index in [1.165, 1.54) is 12.1 Å². The molecule has 5 nitrogen and oxygen atoms in total. The maximum absolute atomic E-state index is 11.6. The molecule has 18 heavy (non-hydrogen) atoms. The topological polar surface area (TPSA) is 72.2 Å². The lowest BCUT2D eigenvalue weighted by Gasteiger charge is -2.05. The molecule has 0 atom stereocenters. The summed E-state index contributed by atoms with van der Waals surface area (Å²) in [7, 11) is 0. The average Bonchev–Trinajstić information content (AvgIpc) is 2.31. The van der Waals surface area contributed by atoms with Crippen LogP contribution in [-0.2, 0) is 6.54 Å². The zero-order valence-corrected chi connectivity index (χ0v) is 10.8. The van der Waals surface area contributed by atoms with Crippen molar-refractivity contribution in [1.29, 1.82) is 0 Å². The third kappa shape index (κ3) is 2.84. The van der Waals surface area contributed by atoms with E-state index >= 15 is 0 Å². The van der Waals surface area contributed by atoms with Crippen LogP contribution in [0.1, 0.15) is 16.1 Å². The number of benzene rings is 1. The number of halogens is 1. The van der Waals surface area contributed by atoms with E-state index in [4.69, 9.17) is 5.11 Å². The number of hydrogen-bond acceptors (Lipinski definition) is 3. The predicted octanol–water partition coefficient (Wildman–Crippen LogP) is 1.75. The van der Waals surface area contributed by atoms with Gasteiger partial charge in [-0.25, -0.2) is 9.48 Å². The molecule has 0 bridgehead atoms. The van der Waals surface area contributed by atoms with Crippen LogP contribution in [0, 0.1) is 0 Å². The number of nitrogens with zero attached hydrogens (tertiary/aromatic N) is 2. The zero-order chi connectivity index (χ0) is 13.1. The first-order chi connectivity index (χ1) is 8.56. The monoisotopic (exact) mass is 308 g/mol. The minimum absolute atomic E-state index is 0.149. The summed E-state index contributed by atoms with van der Waals surface area (Å²) in [6.45, 7) is 0.236. The van der Waals surface area contributed by atoms with Crippen LogP contribution in [0.25, 0.3) is 0 Å². The Morgan fingerprint density at radius 1 is 1.33 bits per heavy atom. The molecular weight excluding hydrogens is 300 g/mol. The van der Waals surface area contributed by atoms with Crippen LogP contribution < -0.4 is 5.56 Å². The lowest BCUT2D eigenvalue weighted by Crippen LogP contribution is -2.24. The van der Waals surface area contributed by atoms with Crippen LogP contribution in [0.3, 0.4) is 0 Å². The number of hydrogen-bond donors (Lipinski definition) is 1. The molecule has 0 amide bonds. The molecule has 0 aliphatic heterocycles. The van der Waals surface area contributed by atoms with Gasteiger partial charge in [0, 0.05) is 10.5 Å². The van der Waals surface area contributed by atoms with Gasteiger partial charge in [0.2, 0.25) is 0 Å². The maximum Gasteiger partial charge on any atom is 0.356 e. The largest absolute Gasteiger partial charge is 0.476 e. The Morgan fingerprint density at radius 3 is 2.78 bits per heavy atom. The molecule has 0 aliphatic rings. The Morgan fingerprint density at radius 2 is 2.11 bits per heavy atom. The minimum atomic E-state index is -1.15. The van der Waals surface area contributed by atoms with Crippen LogP contribution in [-0.4, -0.2) is 20.9 Å². The number of carboxylic acid groups (broad SMARTS) is 1. The van der Waals surface area contributed by atoms with Crippen molar-refractivity contribution >= 4 is 21.9 Å². The minimum Gasteiger partial charge on any atom is -0.476 e. The molecule has 0 spiro atoms. The Hall–Kier alpha value is -1.95. The summed E-state index contributed by atoms with van der Waals surface area (Å²) >= 11 is 3.33. The molecule has 1 heterocycles. The average molecular weight is 309 g/mol. The van der Waals surface area contributed by atoms with Crippen molar-refractivity contribution in [2.45, 2.75) is 6.54 Å². The van der Waals surface area contributed by atoms with E-state index in [0.29, 0.717) is 0 Å². The van der Waals surface area contributed by atoms with Gasteiger partial charge in [-0.1, -0.05) is 28.1 Å². The van der Waals surface area contributed by atoms with Crippen LogP contribution in [0.15, 0.2) is 45.7 Å². The summed E-state index contributed by atoms with van der Waals surface area (Å²) in [5.74, 6) is -1.15. The van der Waals surface area contributed by atoms with E-state index in [0.717, 1.165) is 14.7 Å². The molecule has 92 valence electrons. The summed E-state index contributed by atoms with van der Waals surface area (Å²) in [5.41, 5.74) is 0.381. The van der Waals surface area contributed by atoms with Gasteiger partial charge in [0.1, 0.15) is 0 Å². The molecule has 0 radical (unpaired) electrons. The summed E-state index contributed by atoms with van der Waals surface area (Å²) in [6.07, 6.45) is 0. The normalized spacial score (nSPS) is 10.3. The van der Waals surface area contributed by atoms with Crippen LogP contribution >= 0.6 is 15.9 Å². The van der Waals surface area contributed by atoms with Gasteiger partial charge in [-0.2, -0.15) is 5.10 Å². The predicted molar refractivity (Wildman–Crippen MR) is 68.7 cm³/mol. The lowest BCUT2D eigenvalue weighted by atomic mass is 10.2. The number of rotatable bonds is 3. The molecule has 6 heteroatoms. The fourth-order valence-electron chi connectivity index (χ4n) is 1.48. The Kier molecular flexibility index (Phi) is 3.57. The van der Waals surface area contributed by atoms with Crippen LogP contribution in [0.4, 0.5) is 0 Å². The first-order valence-corrected chi connectivity index (χ1v) is 5.91. The lowest BCUT2D eigenvalue weighted by molar-refractivity contribution is 0.0687. The molecule has 1 N–H and O–H groups in total. The summed E-state index contributed by atoms with van der Waals surface area (Å²) < 4.78 is 2.02. The Bertz CT molecular complexity index is 652. The van der Waals surface area contributed by atoms with Gasteiger partial charge in [0.05, 0.1) is 6.54 Å². The molecule has 2 rings (SSSR count). The molecule has 0 saturated carbocycles. The van der Waals surface area contributed by atoms with Gasteiger partial charge in [0.25, 0.3) is 5.56 Å². The second kappa shape index (κ2) is 5.14. The van der Waals surface area contributed by atoms with Crippen molar-refractivity contribution in [1.82, 2.24) is 9.78 Å². The number of carboxylic acids is 1. The second-order valence-electron chi connectivity index (χ2n) is 3.65. The van der Waals surface area contributed by atoms with Crippen molar-refractivity contribution in [3.8, 4) is 0 Å².